The summed E-state index contributed by atoms with van der Waals surface area (Å²) in [7, 11) is 0. The minimum absolute atomic E-state index is 0.254. The molecule has 80 valence electrons. The molecule has 1 rings (SSSR count). The maximum absolute atomic E-state index is 11.6. The fraction of sp³-hybridized carbons (Fsp3) is 0.750. The summed E-state index contributed by atoms with van der Waals surface area (Å²) in [4.78, 5) is 23.8. The van der Waals surface area contributed by atoms with Crippen LogP contribution in [-0.4, -0.2) is 56.5 Å². The number of carboxylic acids is 1. The van der Waals surface area contributed by atoms with Gasteiger partial charge in [0.05, 0.1) is 0 Å². The van der Waals surface area contributed by atoms with E-state index in [-0.39, 0.29) is 5.91 Å². The van der Waals surface area contributed by atoms with Crippen LogP contribution in [0.2, 0.25) is 5.32 Å². The van der Waals surface area contributed by atoms with Crippen LogP contribution in [0, 0.1) is 0 Å². The van der Waals surface area contributed by atoms with Crippen molar-refractivity contribution in [1.82, 2.24) is 4.90 Å². The number of nitrogens with two attached hydrogens (primary N) is 1. The van der Waals surface area contributed by atoms with E-state index in [2.05, 4.69) is 16.0 Å². The number of rotatable bonds is 3. The van der Waals surface area contributed by atoms with Gasteiger partial charge in [0.25, 0.3) is 0 Å². The molecule has 0 radical (unpaired) electrons. The predicted molar refractivity (Wildman–Crippen MR) is 52.3 cm³/mol. The molecule has 1 heterocycles. The van der Waals surface area contributed by atoms with E-state index in [0.29, 0.717) is 18.3 Å². The second-order valence-electron chi connectivity index (χ2n) is 3.32. The number of hydrogen-bond donors (Lipinski definition) is 2. The van der Waals surface area contributed by atoms with Crippen molar-refractivity contribution in [1.29, 1.82) is 0 Å². The third-order valence-corrected chi connectivity index (χ3v) is 3.16. The van der Waals surface area contributed by atoms with E-state index in [1.165, 1.54) is 4.90 Å². The number of hydrogen-bond acceptors (Lipinski definition) is 3. The molecule has 6 heteroatoms. The Kier molecular flexibility index (Phi) is 3.92. The van der Waals surface area contributed by atoms with E-state index in [9.17, 15) is 9.59 Å². The molecule has 0 spiro atoms. The molecule has 0 aliphatic carbocycles. The summed E-state index contributed by atoms with van der Waals surface area (Å²) in [5, 5.41) is 9.33. The first kappa shape index (κ1) is 11.5. The fourth-order valence-electron chi connectivity index (χ4n) is 1.58. The molecule has 1 saturated heterocycles. The molecule has 0 unspecified atom stereocenters. The van der Waals surface area contributed by atoms with Crippen LogP contribution in [0.3, 0.4) is 0 Å². The van der Waals surface area contributed by atoms with Gasteiger partial charge in [-0.15, -0.1) is 0 Å². The first-order valence-corrected chi connectivity index (χ1v) is 5.80. The van der Waals surface area contributed by atoms with E-state index < -0.39 is 18.1 Å². The number of carbonyl (C=O) groups excluding carboxylic acids is 1. The van der Waals surface area contributed by atoms with E-state index in [4.69, 9.17) is 10.8 Å². The quantitative estimate of drug-likeness (QED) is 0.622. The summed E-state index contributed by atoms with van der Waals surface area (Å²) in [6, 6.07) is -1.26. The number of carbonyl (C=O) groups is 2. The number of likely N-dealkylation sites (tertiary alicyclic amines) is 1. The van der Waals surface area contributed by atoms with E-state index in [1.807, 2.05) is 0 Å². The first-order valence-electron chi connectivity index (χ1n) is 4.47. The van der Waals surface area contributed by atoms with E-state index in [1.54, 1.807) is 0 Å². The van der Waals surface area contributed by atoms with Gasteiger partial charge < -0.3 is 0 Å². The van der Waals surface area contributed by atoms with Crippen molar-refractivity contribution in [2.45, 2.75) is 30.2 Å². The Morgan fingerprint density at radius 2 is 2.29 bits per heavy atom. The van der Waals surface area contributed by atoms with Crippen molar-refractivity contribution < 1.29 is 14.7 Å². The van der Waals surface area contributed by atoms with Crippen molar-refractivity contribution >= 4 is 27.9 Å². The second kappa shape index (κ2) is 4.77. The number of amides is 1. The summed E-state index contributed by atoms with van der Waals surface area (Å²) >= 11 is 2.24. The van der Waals surface area contributed by atoms with Crippen LogP contribution in [-0.2, 0) is 9.59 Å². The van der Waals surface area contributed by atoms with Gasteiger partial charge in [-0.25, -0.2) is 0 Å². The average Bonchev–Trinajstić information content (AvgIpc) is 2.63. The van der Waals surface area contributed by atoms with Crippen LogP contribution in [0.4, 0.5) is 0 Å². The monoisotopic (exact) mass is 266 g/mol. The third-order valence-electron chi connectivity index (χ3n) is 2.33. The van der Waals surface area contributed by atoms with Gasteiger partial charge in [0.1, 0.15) is 0 Å². The molecule has 1 aliphatic rings. The summed E-state index contributed by atoms with van der Waals surface area (Å²) in [6.45, 7) is 0.510. The van der Waals surface area contributed by atoms with Crippen molar-refractivity contribution in [3.63, 3.8) is 0 Å². The summed E-state index contributed by atoms with van der Waals surface area (Å²) in [5.74, 6) is -1.19. The molecule has 1 amide bonds. The Labute approximate surface area is 90.4 Å². The molecule has 3 N–H and O–H groups in total. The van der Waals surface area contributed by atoms with Gasteiger partial charge in [-0.3, -0.25) is 0 Å². The Morgan fingerprint density at radius 3 is 2.79 bits per heavy atom. The molecule has 5 nitrogen and oxygen atoms in total. The number of aliphatic carboxylic acids is 1. The molecule has 0 bridgehead atoms. The summed E-state index contributed by atoms with van der Waals surface area (Å²) in [6.07, 6.45) is 1.28. The molecular formula is C8H14N2O3Se. The average molecular weight is 265 g/mol. The van der Waals surface area contributed by atoms with Crippen molar-refractivity contribution in [2.75, 3.05) is 6.54 Å². The molecule has 2 atom stereocenters. The molecule has 0 saturated carbocycles. The SMILES string of the molecule is N[C@@H](C[SeH])C(=O)N1CCC[C@H]1C(=O)O. The van der Waals surface area contributed by atoms with Gasteiger partial charge in [-0.05, 0) is 0 Å². The van der Waals surface area contributed by atoms with E-state index >= 15 is 0 Å². The number of carboxylic acid groups (broad SMARTS) is 1. The van der Waals surface area contributed by atoms with Gasteiger partial charge in [0.2, 0.25) is 0 Å². The molecule has 0 aromatic carbocycles. The van der Waals surface area contributed by atoms with Crippen molar-refractivity contribution in [2.24, 2.45) is 5.73 Å². The summed E-state index contributed by atoms with van der Waals surface area (Å²) in [5.41, 5.74) is 5.56. The normalized spacial score (nSPS) is 23.6. The molecule has 0 aromatic rings. The zero-order valence-corrected chi connectivity index (χ0v) is 9.60. The van der Waals surface area contributed by atoms with Crippen LogP contribution < -0.4 is 5.73 Å². The fourth-order valence-corrected chi connectivity index (χ4v) is 1.91. The van der Waals surface area contributed by atoms with Crippen LogP contribution in [0.5, 0.6) is 0 Å². The van der Waals surface area contributed by atoms with Gasteiger partial charge >= 0.3 is 90.0 Å². The van der Waals surface area contributed by atoms with Gasteiger partial charge in [0, 0.05) is 0 Å². The van der Waals surface area contributed by atoms with Crippen molar-refractivity contribution in [3.05, 3.63) is 0 Å². The molecular weight excluding hydrogens is 251 g/mol. The maximum atomic E-state index is 11.6. The summed E-state index contributed by atoms with van der Waals surface area (Å²) < 4.78 is 0. The Hall–Kier alpha value is -0.581. The predicted octanol–water partition coefficient (Wildman–Crippen LogP) is -1.29. The van der Waals surface area contributed by atoms with Gasteiger partial charge in [-0.1, -0.05) is 0 Å². The first-order chi connectivity index (χ1) is 6.57. The van der Waals surface area contributed by atoms with Crippen molar-refractivity contribution in [3.8, 4) is 0 Å². The molecule has 1 aliphatic heterocycles. The standard InChI is InChI=1S/C8H14N2O3Se/c9-5(4-14)7(11)10-3-1-2-6(10)8(12)13/h5-6,14H,1-4,9H2,(H,12,13)/t5-,6-/m0/s1. The van der Waals surface area contributed by atoms with Crippen LogP contribution in [0.1, 0.15) is 12.8 Å². The Morgan fingerprint density at radius 1 is 1.64 bits per heavy atom. The van der Waals surface area contributed by atoms with Crippen LogP contribution in [0.25, 0.3) is 0 Å². The second-order valence-corrected chi connectivity index (χ2v) is 4.08. The van der Waals surface area contributed by atoms with E-state index in [0.717, 1.165) is 6.42 Å². The Bertz CT molecular complexity index is 247. The third kappa shape index (κ3) is 2.26. The Balaban J connectivity index is 2.67. The zero-order valence-electron chi connectivity index (χ0n) is 7.72. The van der Waals surface area contributed by atoms with Gasteiger partial charge in [-0.2, -0.15) is 0 Å². The molecule has 0 aromatic heterocycles. The zero-order chi connectivity index (χ0) is 10.7. The van der Waals surface area contributed by atoms with Gasteiger partial charge in [0.15, 0.2) is 0 Å². The van der Waals surface area contributed by atoms with Crippen LogP contribution in [0.15, 0.2) is 0 Å². The molecule has 14 heavy (non-hydrogen) atoms. The van der Waals surface area contributed by atoms with Crippen LogP contribution >= 0.6 is 0 Å². The molecule has 1 fully saturated rings. The number of nitrogens with zero attached hydrogens (tertiary/aromatic N) is 1. The topological polar surface area (TPSA) is 83.6 Å². The minimum atomic E-state index is -0.936.